The third kappa shape index (κ3) is 76.6. The van der Waals surface area contributed by atoms with Crippen molar-refractivity contribution in [3.8, 4) is 0 Å². The van der Waals surface area contributed by atoms with Crippen LogP contribution >= 0.6 is 15.6 Å². The number of ether oxygens (including phenoxy) is 4. The summed E-state index contributed by atoms with van der Waals surface area (Å²) >= 11 is 0. The first-order valence-electron chi connectivity index (χ1n) is 43.2. The Bertz CT molecular complexity index is 2010. The zero-order chi connectivity index (χ0) is 76.0. The van der Waals surface area contributed by atoms with E-state index in [1.807, 2.05) is 0 Å². The van der Waals surface area contributed by atoms with E-state index in [1.54, 1.807) is 0 Å². The highest BCUT2D eigenvalue weighted by Crippen LogP contribution is 2.45. The number of rotatable bonds is 81. The van der Waals surface area contributed by atoms with E-state index in [9.17, 15) is 43.2 Å². The molecule has 0 spiro atoms. The van der Waals surface area contributed by atoms with Gasteiger partial charge in [-0.2, -0.15) is 0 Å². The molecule has 103 heavy (non-hydrogen) atoms. The number of hydrogen-bond donors (Lipinski definition) is 3. The van der Waals surface area contributed by atoms with Gasteiger partial charge in [-0.3, -0.25) is 37.3 Å². The highest BCUT2D eigenvalue weighted by Gasteiger charge is 2.30. The van der Waals surface area contributed by atoms with Gasteiger partial charge in [-0.15, -0.1) is 0 Å². The number of unbranched alkanes of at least 4 members (excludes halogenated alkanes) is 46. The molecule has 0 aliphatic carbocycles. The summed E-state index contributed by atoms with van der Waals surface area (Å²) in [5, 5.41) is 10.7. The van der Waals surface area contributed by atoms with Crippen molar-refractivity contribution in [3.63, 3.8) is 0 Å². The number of aliphatic hydroxyl groups is 1. The molecule has 0 rings (SSSR count). The van der Waals surface area contributed by atoms with Crippen LogP contribution in [0.5, 0.6) is 0 Å². The second-order valence-electron chi connectivity index (χ2n) is 31.9. The lowest BCUT2D eigenvalue weighted by Crippen LogP contribution is -2.30. The molecule has 6 atom stereocenters. The second-order valence-corrected chi connectivity index (χ2v) is 34.8. The number of esters is 4. The molecule has 0 heterocycles. The molecule has 0 amide bonds. The summed E-state index contributed by atoms with van der Waals surface area (Å²) in [6.45, 7) is 14.3. The van der Waals surface area contributed by atoms with Gasteiger partial charge in [0.1, 0.15) is 19.3 Å². The number of carbonyl (C=O) groups is 4. The van der Waals surface area contributed by atoms with Gasteiger partial charge >= 0.3 is 39.5 Å². The van der Waals surface area contributed by atoms with Crippen molar-refractivity contribution in [2.75, 3.05) is 39.6 Å². The van der Waals surface area contributed by atoms with Gasteiger partial charge in [0, 0.05) is 25.7 Å². The molecule has 3 N–H and O–H groups in total. The van der Waals surface area contributed by atoms with Crippen molar-refractivity contribution in [1.82, 2.24) is 0 Å². The lowest BCUT2D eigenvalue weighted by atomic mass is 10.00. The van der Waals surface area contributed by atoms with E-state index < -0.39 is 97.5 Å². The van der Waals surface area contributed by atoms with Crippen LogP contribution in [0.4, 0.5) is 0 Å². The maximum atomic E-state index is 13.1. The van der Waals surface area contributed by atoms with Crippen LogP contribution in [0.25, 0.3) is 0 Å². The minimum absolute atomic E-state index is 0.106. The first-order chi connectivity index (χ1) is 49.6. The van der Waals surface area contributed by atoms with E-state index in [1.165, 1.54) is 231 Å². The van der Waals surface area contributed by atoms with Crippen LogP contribution in [0.2, 0.25) is 0 Å². The fourth-order valence-electron chi connectivity index (χ4n) is 12.9. The summed E-state index contributed by atoms with van der Waals surface area (Å²) in [6, 6.07) is 0. The molecule has 0 aliphatic heterocycles. The van der Waals surface area contributed by atoms with Crippen LogP contribution in [0, 0.1) is 23.7 Å². The second kappa shape index (κ2) is 72.9. The number of aliphatic hydroxyl groups excluding tert-OH is 1. The first-order valence-corrected chi connectivity index (χ1v) is 46.2. The Labute approximate surface area is 632 Å². The van der Waals surface area contributed by atoms with Crippen molar-refractivity contribution in [2.24, 2.45) is 23.7 Å². The van der Waals surface area contributed by atoms with Crippen LogP contribution < -0.4 is 0 Å². The van der Waals surface area contributed by atoms with E-state index >= 15 is 0 Å². The fraction of sp³-hybridized carbons (Fsp3) is 0.952. The minimum Gasteiger partial charge on any atom is -0.462 e. The van der Waals surface area contributed by atoms with Gasteiger partial charge in [-0.1, -0.05) is 383 Å². The Hall–Kier alpha value is -1.94. The van der Waals surface area contributed by atoms with Gasteiger partial charge in [-0.25, -0.2) is 9.13 Å². The molecule has 19 heteroatoms. The van der Waals surface area contributed by atoms with Crippen molar-refractivity contribution in [3.05, 3.63) is 0 Å². The van der Waals surface area contributed by atoms with Crippen molar-refractivity contribution >= 4 is 39.5 Å². The molecule has 0 saturated heterocycles. The Morgan fingerprint density at radius 2 is 0.466 bits per heavy atom. The van der Waals surface area contributed by atoms with Crippen LogP contribution in [0.1, 0.15) is 434 Å². The first kappa shape index (κ1) is 101. The van der Waals surface area contributed by atoms with E-state index in [0.29, 0.717) is 25.7 Å². The average molecular weight is 1510 g/mol. The molecule has 0 aromatic carbocycles. The van der Waals surface area contributed by atoms with Gasteiger partial charge in [0.2, 0.25) is 0 Å². The summed E-state index contributed by atoms with van der Waals surface area (Å²) in [5.41, 5.74) is 0. The molecule has 0 radical (unpaired) electrons. The van der Waals surface area contributed by atoms with E-state index in [4.69, 9.17) is 37.0 Å². The van der Waals surface area contributed by atoms with Gasteiger partial charge < -0.3 is 33.8 Å². The molecule has 0 aromatic heterocycles. The predicted octanol–water partition coefficient (Wildman–Crippen LogP) is 25.2. The summed E-state index contributed by atoms with van der Waals surface area (Å²) in [7, 11) is -9.93. The average Bonchev–Trinajstić information content (AvgIpc) is 0.910. The highest BCUT2D eigenvalue weighted by atomic mass is 31.2. The molecule has 3 unspecified atom stereocenters. The maximum Gasteiger partial charge on any atom is 0.472 e. The molecule has 0 bridgehead atoms. The van der Waals surface area contributed by atoms with Crippen molar-refractivity contribution in [2.45, 2.75) is 453 Å². The van der Waals surface area contributed by atoms with Gasteiger partial charge in [0.15, 0.2) is 12.2 Å². The van der Waals surface area contributed by atoms with Gasteiger partial charge in [-0.05, 0) is 49.4 Å². The molecule has 17 nitrogen and oxygen atoms in total. The normalized spacial score (nSPS) is 14.2. The SMILES string of the molecule is CCC(C)CCCCCCCCC(=O)OC[C@H](COP(=O)(O)OC[C@H](O)COP(=O)(O)OC[C@@H](COC(=O)CCCCCCCCCCCCCCCCC(C)C)OC(=O)CCCCCCCCCCCCCCCCCCC(C)C)OC(=O)CCCCCCCCCCCCCCCCC(C)C. The summed E-state index contributed by atoms with van der Waals surface area (Å²) in [5.74, 6) is 1.02. The Kier molecular flexibility index (Phi) is 71.5. The molecular weight excluding hydrogens is 1340 g/mol. The third-order valence-electron chi connectivity index (χ3n) is 19.9. The molecule has 0 saturated carbocycles. The van der Waals surface area contributed by atoms with E-state index in [0.717, 1.165) is 120 Å². The van der Waals surface area contributed by atoms with E-state index in [-0.39, 0.29) is 25.7 Å². The Balaban J connectivity index is 5.25. The topological polar surface area (TPSA) is 237 Å². The fourth-order valence-corrected chi connectivity index (χ4v) is 14.5. The van der Waals surface area contributed by atoms with Gasteiger partial charge in [0.25, 0.3) is 0 Å². The highest BCUT2D eigenvalue weighted by molar-refractivity contribution is 7.47. The van der Waals surface area contributed by atoms with Crippen LogP contribution in [-0.4, -0.2) is 96.7 Å². The predicted molar refractivity (Wildman–Crippen MR) is 423 cm³/mol. The number of hydrogen-bond acceptors (Lipinski definition) is 15. The van der Waals surface area contributed by atoms with Crippen LogP contribution in [-0.2, 0) is 65.4 Å². The summed E-state index contributed by atoms with van der Waals surface area (Å²) < 4.78 is 68.8. The largest absolute Gasteiger partial charge is 0.472 e. The quantitative estimate of drug-likeness (QED) is 0.0222. The third-order valence-corrected chi connectivity index (χ3v) is 21.8. The molecule has 612 valence electrons. The zero-order valence-corrected chi connectivity index (χ0v) is 69.7. The smallest absolute Gasteiger partial charge is 0.462 e. The van der Waals surface area contributed by atoms with Crippen LogP contribution in [0.3, 0.4) is 0 Å². The molecule has 0 aromatic rings. The van der Waals surface area contributed by atoms with Gasteiger partial charge in [0.05, 0.1) is 26.4 Å². The standard InChI is InChI=1S/C84H164O17P2/c1-9-77(8)63-55-47-42-43-49-57-65-82(87)95-71-80(101-84(89)67-59-51-41-35-29-23-17-15-20-26-32-38-46-54-62-76(6)7)73-99-103(92,93)97-69-78(85)68-96-102(90,91)98-72-79(70-94-81(86)64-56-48-39-33-27-21-16-14-19-25-31-37-45-53-61-75(4)5)100-83(88)66-58-50-40-34-28-22-13-11-10-12-18-24-30-36-44-52-60-74(2)3/h74-80,85H,9-73H2,1-8H3,(H,90,91)(H,92,93)/t77?,78-,79-,80-/m1/s1. The lowest BCUT2D eigenvalue weighted by Gasteiger charge is -2.21. The molecular formula is C84H164O17P2. The Morgan fingerprint density at radius 3 is 0.689 bits per heavy atom. The Morgan fingerprint density at radius 1 is 0.272 bits per heavy atom. The minimum atomic E-state index is -4.97. The number of phosphoric acid groups is 2. The molecule has 0 aliphatic rings. The van der Waals surface area contributed by atoms with Crippen molar-refractivity contribution < 1.29 is 80.2 Å². The summed E-state index contributed by atoms with van der Waals surface area (Å²) in [4.78, 5) is 73.2. The molecule has 0 fully saturated rings. The van der Waals surface area contributed by atoms with Crippen molar-refractivity contribution in [1.29, 1.82) is 0 Å². The van der Waals surface area contributed by atoms with E-state index in [2.05, 4.69) is 55.4 Å². The maximum absolute atomic E-state index is 13.1. The lowest BCUT2D eigenvalue weighted by molar-refractivity contribution is -0.161. The monoisotopic (exact) mass is 1510 g/mol. The summed E-state index contributed by atoms with van der Waals surface area (Å²) in [6.07, 6.45) is 61.1. The van der Waals surface area contributed by atoms with Crippen LogP contribution in [0.15, 0.2) is 0 Å². The number of phosphoric ester groups is 2. The zero-order valence-electron chi connectivity index (χ0n) is 68.0. The number of carbonyl (C=O) groups excluding carboxylic acids is 4.